The molecule has 1 fully saturated rings. The fraction of sp³-hybridized carbons (Fsp3) is 0.529. The number of benzene rings is 1. The van der Waals surface area contributed by atoms with E-state index in [-0.39, 0.29) is 17.6 Å². The molecule has 1 aliphatic rings. The summed E-state index contributed by atoms with van der Waals surface area (Å²) in [4.78, 5) is 27.4. The van der Waals surface area contributed by atoms with Gasteiger partial charge in [0.15, 0.2) is 0 Å². The Bertz CT molecular complexity index is 513. The van der Waals surface area contributed by atoms with E-state index in [1.54, 1.807) is 24.1 Å². The number of aryl methyl sites for hydroxylation is 1. The first-order valence-electron chi connectivity index (χ1n) is 7.86. The summed E-state index contributed by atoms with van der Waals surface area (Å²) >= 11 is 0. The number of nitrogens with zero attached hydrogens (tertiary/aromatic N) is 2. The second-order valence-corrected chi connectivity index (χ2v) is 5.82. The Morgan fingerprint density at radius 3 is 2.68 bits per heavy atom. The maximum Gasteiger partial charge on any atom is 0.222 e. The van der Waals surface area contributed by atoms with E-state index in [2.05, 4.69) is 0 Å². The molecule has 1 aromatic rings. The maximum atomic E-state index is 12.1. The van der Waals surface area contributed by atoms with Crippen LogP contribution in [0.15, 0.2) is 24.3 Å². The predicted octanol–water partition coefficient (Wildman–Crippen LogP) is 1.80. The first kappa shape index (κ1) is 16.3. The lowest BCUT2D eigenvalue weighted by Gasteiger charge is -2.28. The number of likely N-dealkylation sites (N-methyl/N-ethyl adjacent to an activating group) is 1. The van der Waals surface area contributed by atoms with Crippen molar-refractivity contribution in [3.05, 3.63) is 29.8 Å². The molecule has 1 saturated heterocycles. The SMILES string of the molecule is CN(CCN1CCCCC1=O)C(=O)CCc1ccc(O)cc1. The average molecular weight is 304 g/mol. The molecule has 1 N–H and O–H groups in total. The standard InChI is InChI=1S/C17H24N2O3/c1-18(12-13-19-11-3-2-4-17(19)22)16(21)10-7-14-5-8-15(20)9-6-14/h5-6,8-9,20H,2-4,7,10-13H2,1H3. The van der Waals surface area contributed by atoms with Crippen LogP contribution in [-0.2, 0) is 16.0 Å². The van der Waals surface area contributed by atoms with E-state index in [0.717, 1.165) is 24.9 Å². The van der Waals surface area contributed by atoms with E-state index in [0.29, 0.717) is 32.4 Å². The number of piperidine rings is 1. The first-order valence-corrected chi connectivity index (χ1v) is 7.86. The van der Waals surface area contributed by atoms with Crippen LogP contribution in [0.25, 0.3) is 0 Å². The minimum Gasteiger partial charge on any atom is -0.508 e. The third-order valence-corrected chi connectivity index (χ3v) is 4.12. The first-order chi connectivity index (χ1) is 10.6. The number of hydrogen-bond acceptors (Lipinski definition) is 3. The van der Waals surface area contributed by atoms with Gasteiger partial charge in [0.05, 0.1) is 0 Å². The molecular formula is C17H24N2O3. The predicted molar refractivity (Wildman–Crippen MR) is 84.5 cm³/mol. The van der Waals surface area contributed by atoms with Gasteiger partial charge in [-0.15, -0.1) is 0 Å². The van der Waals surface area contributed by atoms with E-state index in [1.165, 1.54) is 0 Å². The smallest absolute Gasteiger partial charge is 0.222 e. The minimum atomic E-state index is 0.0810. The summed E-state index contributed by atoms with van der Waals surface area (Å²) in [6, 6.07) is 6.92. The Balaban J connectivity index is 1.72. The summed E-state index contributed by atoms with van der Waals surface area (Å²) < 4.78 is 0. The Morgan fingerprint density at radius 1 is 1.27 bits per heavy atom. The lowest BCUT2D eigenvalue weighted by Crippen LogP contribution is -2.41. The zero-order valence-electron chi connectivity index (χ0n) is 13.1. The van der Waals surface area contributed by atoms with Crippen LogP contribution in [0.3, 0.4) is 0 Å². The topological polar surface area (TPSA) is 60.9 Å². The fourth-order valence-electron chi connectivity index (χ4n) is 2.60. The van der Waals surface area contributed by atoms with Crippen LogP contribution < -0.4 is 0 Å². The molecule has 1 heterocycles. The Labute approximate surface area is 131 Å². The Kier molecular flexibility index (Phi) is 5.81. The highest BCUT2D eigenvalue weighted by atomic mass is 16.3. The van der Waals surface area contributed by atoms with Crippen molar-refractivity contribution in [1.82, 2.24) is 9.80 Å². The number of phenolic OH excluding ortho intramolecular Hbond substituents is 1. The van der Waals surface area contributed by atoms with E-state index >= 15 is 0 Å². The monoisotopic (exact) mass is 304 g/mol. The molecule has 5 nitrogen and oxygen atoms in total. The molecule has 2 amide bonds. The Hall–Kier alpha value is -2.04. The molecule has 120 valence electrons. The summed E-state index contributed by atoms with van der Waals surface area (Å²) in [6.45, 7) is 2.02. The van der Waals surface area contributed by atoms with Crippen LogP contribution in [0.4, 0.5) is 0 Å². The Morgan fingerprint density at radius 2 is 2.00 bits per heavy atom. The number of hydrogen-bond donors (Lipinski definition) is 1. The second-order valence-electron chi connectivity index (χ2n) is 5.82. The molecule has 1 aromatic carbocycles. The van der Waals surface area contributed by atoms with E-state index in [9.17, 15) is 14.7 Å². The number of phenols is 1. The molecule has 0 unspecified atom stereocenters. The second kappa shape index (κ2) is 7.82. The summed E-state index contributed by atoms with van der Waals surface area (Å²) in [7, 11) is 1.79. The van der Waals surface area contributed by atoms with Crippen molar-refractivity contribution in [2.75, 3.05) is 26.7 Å². The van der Waals surface area contributed by atoms with Gasteiger partial charge in [0.25, 0.3) is 0 Å². The number of carbonyl (C=O) groups is 2. The zero-order valence-corrected chi connectivity index (χ0v) is 13.1. The van der Waals surface area contributed by atoms with E-state index < -0.39 is 0 Å². The molecule has 0 bridgehead atoms. The molecule has 22 heavy (non-hydrogen) atoms. The highest BCUT2D eigenvalue weighted by Gasteiger charge is 2.18. The molecule has 0 saturated carbocycles. The lowest BCUT2D eigenvalue weighted by atomic mass is 10.1. The number of aromatic hydroxyl groups is 1. The minimum absolute atomic E-state index is 0.0810. The van der Waals surface area contributed by atoms with Crippen LogP contribution >= 0.6 is 0 Å². The van der Waals surface area contributed by atoms with Gasteiger partial charge in [-0.05, 0) is 37.0 Å². The van der Waals surface area contributed by atoms with Gasteiger partial charge in [-0.25, -0.2) is 0 Å². The number of amides is 2. The summed E-state index contributed by atoms with van der Waals surface area (Å²) in [5.74, 6) is 0.520. The highest BCUT2D eigenvalue weighted by molar-refractivity contribution is 5.77. The molecule has 0 aliphatic carbocycles. The van der Waals surface area contributed by atoms with Crippen LogP contribution in [0, 0.1) is 0 Å². The van der Waals surface area contributed by atoms with Gasteiger partial charge in [-0.2, -0.15) is 0 Å². The van der Waals surface area contributed by atoms with Gasteiger partial charge in [-0.1, -0.05) is 12.1 Å². The van der Waals surface area contributed by atoms with Crippen molar-refractivity contribution < 1.29 is 14.7 Å². The number of rotatable bonds is 6. The largest absolute Gasteiger partial charge is 0.508 e. The van der Waals surface area contributed by atoms with Crippen molar-refractivity contribution in [3.8, 4) is 5.75 Å². The van der Waals surface area contributed by atoms with Gasteiger partial charge >= 0.3 is 0 Å². The highest BCUT2D eigenvalue weighted by Crippen LogP contribution is 2.12. The molecular weight excluding hydrogens is 280 g/mol. The normalized spacial score (nSPS) is 15.0. The number of carbonyl (C=O) groups excluding carboxylic acids is 2. The zero-order chi connectivity index (χ0) is 15.9. The average Bonchev–Trinajstić information content (AvgIpc) is 2.53. The van der Waals surface area contributed by atoms with Gasteiger partial charge < -0.3 is 14.9 Å². The van der Waals surface area contributed by atoms with Gasteiger partial charge in [0.2, 0.25) is 11.8 Å². The maximum absolute atomic E-state index is 12.1. The fourth-order valence-corrected chi connectivity index (χ4v) is 2.60. The quantitative estimate of drug-likeness (QED) is 0.871. The van der Waals surface area contributed by atoms with Crippen molar-refractivity contribution in [2.24, 2.45) is 0 Å². The molecule has 0 aromatic heterocycles. The van der Waals surface area contributed by atoms with Crippen molar-refractivity contribution in [2.45, 2.75) is 32.1 Å². The molecule has 0 spiro atoms. The van der Waals surface area contributed by atoms with Gasteiger partial charge in [-0.3, -0.25) is 9.59 Å². The summed E-state index contributed by atoms with van der Waals surface area (Å²) in [6.07, 6.45) is 3.78. The molecule has 5 heteroatoms. The van der Waals surface area contributed by atoms with Crippen LogP contribution in [-0.4, -0.2) is 53.4 Å². The third kappa shape index (κ3) is 4.76. The van der Waals surface area contributed by atoms with Crippen LogP contribution in [0.2, 0.25) is 0 Å². The van der Waals surface area contributed by atoms with Crippen molar-refractivity contribution in [3.63, 3.8) is 0 Å². The van der Waals surface area contributed by atoms with E-state index in [4.69, 9.17) is 0 Å². The van der Waals surface area contributed by atoms with E-state index in [1.807, 2.05) is 17.0 Å². The van der Waals surface area contributed by atoms with Crippen LogP contribution in [0.5, 0.6) is 5.75 Å². The summed E-state index contributed by atoms with van der Waals surface area (Å²) in [5.41, 5.74) is 1.03. The molecule has 2 rings (SSSR count). The van der Waals surface area contributed by atoms with Gasteiger partial charge in [0, 0.05) is 39.5 Å². The molecule has 1 aliphatic heterocycles. The van der Waals surface area contributed by atoms with Gasteiger partial charge in [0.1, 0.15) is 5.75 Å². The van der Waals surface area contributed by atoms with Crippen LogP contribution in [0.1, 0.15) is 31.2 Å². The number of likely N-dealkylation sites (tertiary alicyclic amines) is 1. The van der Waals surface area contributed by atoms with Crippen molar-refractivity contribution in [1.29, 1.82) is 0 Å². The lowest BCUT2D eigenvalue weighted by molar-refractivity contribution is -0.135. The molecule has 0 radical (unpaired) electrons. The summed E-state index contributed by atoms with van der Waals surface area (Å²) in [5, 5.41) is 9.23. The third-order valence-electron chi connectivity index (χ3n) is 4.12. The van der Waals surface area contributed by atoms with Crippen molar-refractivity contribution >= 4 is 11.8 Å². The molecule has 0 atom stereocenters.